The lowest BCUT2D eigenvalue weighted by Gasteiger charge is -2.07. The van der Waals surface area contributed by atoms with Gasteiger partial charge in [-0.1, -0.05) is 30.3 Å². The van der Waals surface area contributed by atoms with Crippen LogP contribution in [0.25, 0.3) is 11.3 Å². The maximum absolute atomic E-state index is 11.2. The van der Waals surface area contributed by atoms with Crippen LogP contribution in [0, 0.1) is 0 Å². The number of aromatic nitrogens is 2. The van der Waals surface area contributed by atoms with E-state index in [9.17, 15) is 4.79 Å². The molecule has 6 heteroatoms. The van der Waals surface area contributed by atoms with E-state index in [1.54, 1.807) is 12.1 Å². The zero-order chi connectivity index (χ0) is 13.0. The summed E-state index contributed by atoms with van der Waals surface area (Å²) in [5.41, 5.74) is 4.00. The van der Waals surface area contributed by atoms with Crippen molar-refractivity contribution in [1.82, 2.24) is 15.6 Å². The fourth-order valence-corrected chi connectivity index (χ4v) is 1.63. The maximum atomic E-state index is 11.2. The number of nitrogens with zero attached hydrogens (tertiary/aromatic N) is 2. The Morgan fingerprint density at radius 1 is 1.17 bits per heavy atom. The molecule has 0 radical (unpaired) electrons. The van der Waals surface area contributed by atoms with Crippen LogP contribution < -0.4 is 11.3 Å². The molecule has 2 aromatic rings. The molecule has 3 N–H and O–H groups in total. The number of hydrogen-bond acceptors (Lipinski definition) is 4. The number of halogens is 1. The first-order valence-corrected chi connectivity index (χ1v) is 5.69. The molecule has 0 saturated carbocycles. The normalized spacial score (nSPS) is 11.9. The number of benzene rings is 1. The first-order chi connectivity index (χ1) is 8.72. The Morgan fingerprint density at radius 2 is 1.89 bits per heavy atom. The molecule has 2 rings (SSSR count). The summed E-state index contributed by atoms with van der Waals surface area (Å²) in [4.78, 5) is 11.2. The molecule has 0 aliphatic rings. The minimum absolute atomic E-state index is 0.360. The fraction of sp³-hybridized carbons (Fsp3) is 0.0833. The molecular formula is C12H11ClN4O. The molecule has 1 amide bonds. The van der Waals surface area contributed by atoms with Gasteiger partial charge in [0.2, 0.25) is 0 Å². The number of alkyl halides is 1. The van der Waals surface area contributed by atoms with E-state index in [1.165, 1.54) is 0 Å². The summed E-state index contributed by atoms with van der Waals surface area (Å²) >= 11 is 5.86. The van der Waals surface area contributed by atoms with Crippen molar-refractivity contribution in [2.45, 2.75) is 5.38 Å². The molecule has 1 aromatic carbocycles. The highest BCUT2D eigenvalue weighted by Gasteiger charge is 2.18. The molecule has 0 saturated heterocycles. The Labute approximate surface area is 109 Å². The smallest absolute Gasteiger partial charge is 0.258 e. The minimum Gasteiger partial charge on any atom is -0.293 e. The second-order valence-corrected chi connectivity index (χ2v) is 4.02. The van der Waals surface area contributed by atoms with Crippen molar-refractivity contribution in [2.75, 3.05) is 0 Å². The monoisotopic (exact) mass is 262 g/mol. The van der Waals surface area contributed by atoms with Gasteiger partial charge in [0.25, 0.3) is 5.91 Å². The Bertz CT molecular complexity index is 530. The van der Waals surface area contributed by atoms with Crippen LogP contribution in [-0.4, -0.2) is 16.1 Å². The first-order valence-electron chi connectivity index (χ1n) is 5.26. The lowest BCUT2D eigenvalue weighted by molar-refractivity contribution is -0.120. The molecule has 0 aliphatic heterocycles. The summed E-state index contributed by atoms with van der Waals surface area (Å²) < 4.78 is 0. The topological polar surface area (TPSA) is 80.9 Å². The molecule has 0 spiro atoms. The number of nitrogens with one attached hydrogen (secondary N) is 1. The van der Waals surface area contributed by atoms with Crippen molar-refractivity contribution < 1.29 is 4.79 Å². The predicted molar refractivity (Wildman–Crippen MR) is 68.4 cm³/mol. The highest BCUT2D eigenvalue weighted by molar-refractivity contribution is 6.30. The fourth-order valence-electron chi connectivity index (χ4n) is 1.45. The minimum atomic E-state index is -0.938. The number of hydrazine groups is 1. The standard InChI is InChI=1S/C12H11ClN4O/c13-11(12(18)15-14)10-7-6-9(16-17-10)8-4-2-1-3-5-8/h1-7,11H,14H2,(H,15,18). The third-order valence-electron chi connectivity index (χ3n) is 2.39. The van der Waals surface area contributed by atoms with Crippen molar-refractivity contribution in [3.05, 3.63) is 48.2 Å². The van der Waals surface area contributed by atoms with Gasteiger partial charge in [0.05, 0.1) is 11.4 Å². The number of amides is 1. The molecule has 0 fully saturated rings. The van der Waals surface area contributed by atoms with Gasteiger partial charge in [-0.05, 0) is 12.1 Å². The summed E-state index contributed by atoms with van der Waals surface area (Å²) in [7, 11) is 0. The van der Waals surface area contributed by atoms with Crippen molar-refractivity contribution in [3.63, 3.8) is 0 Å². The molecule has 92 valence electrons. The van der Waals surface area contributed by atoms with Crippen molar-refractivity contribution in [3.8, 4) is 11.3 Å². The summed E-state index contributed by atoms with van der Waals surface area (Å²) in [6.45, 7) is 0. The molecule has 1 atom stereocenters. The van der Waals surface area contributed by atoms with Gasteiger partial charge in [-0.25, -0.2) is 5.84 Å². The second-order valence-electron chi connectivity index (χ2n) is 3.58. The van der Waals surface area contributed by atoms with E-state index in [2.05, 4.69) is 10.2 Å². The molecule has 1 aromatic heterocycles. The van der Waals surface area contributed by atoms with Crippen molar-refractivity contribution >= 4 is 17.5 Å². The number of carbonyl (C=O) groups is 1. The average molecular weight is 263 g/mol. The third kappa shape index (κ3) is 2.64. The van der Waals surface area contributed by atoms with Gasteiger partial charge in [-0.3, -0.25) is 10.2 Å². The first kappa shape index (κ1) is 12.5. The van der Waals surface area contributed by atoms with Crippen LogP contribution in [0.1, 0.15) is 11.1 Å². The molecule has 5 nitrogen and oxygen atoms in total. The van der Waals surface area contributed by atoms with Gasteiger partial charge in [-0.15, -0.1) is 11.6 Å². The number of rotatable bonds is 3. The van der Waals surface area contributed by atoms with E-state index < -0.39 is 11.3 Å². The van der Waals surface area contributed by atoms with Crippen LogP contribution in [0.5, 0.6) is 0 Å². The Hall–Kier alpha value is -1.98. The van der Waals surface area contributed by atoms with Gasteiger partial charge >= 0.3 is 0 Å². The van der Waals surface area contributed by atoms with E-state index >= 15 is 0 Å². The molecule has 0 bridgehead atoms. The zero-order valence-corrected chi connectivity index (χ0v) is 10.1. The van der Waals surface area contributed by atoms with Gasteiger partial charge in [0.15, 0.2) is 5.38 Å². The summed E-state index contributed by atoms with van der Waals surface area (Å²) in [5, 5.41) is 7.02. The Morgan fingerprint density at radius 3 is 2.44 bits per heavy atom. The maximum Gasteiger partial charge on any atom is 0.258 e. The van der Waals surface area contributed by atoms with Gasteiger partial charge < -0.3 is 0 Å². The lowest BCUT2D eigenvalue weighted by atomic mass is 10.1. The van der Waals surface area contributed by atoms with Crippen LogP contribution in [-0.2, 0) is 4.79 Å². The average Bonchev–Trinajstić information content (AvgIpc) is 2.47. The second kappa shape index (κ2) is 5.57. The molecular weight excluding hydrogens is 252 g/mol. The van der Waals surface area contributed by atoms with E-state index in [-0.39, 0.29) is 0 Å². The highest BCUT2D eigenvalue weighted by Crippen LogP contribution is 2.20. The van der Waals surface area contributed by atoms with Crippen molar-refractivity contribution in [2.24, 2.45) is 5.84 Å². The van der Waals surface area contributed by atoms with Crippen LogP contribution in [0.15, 0.2) is 42.5 Å². The quantitative estimate of drug-likeness (QED) is 0.379. The molecule has 1 heterocycles. The SMILES string of the molecule is NNC(=O)C(Cl)c1ccc(-c2ccccc2)nn1. The van der Waals surface area contributed by atoms with Crippen LogP contribution >= 0.6 is 11.6 Å². The molecule has 1 unspecified atom stereocenters. The highest BCUT2D eigenvalue weighted by atomic mass is 35.5. The van der Waals surface area contributed by atoms with Crippen molar-refractivity contribution in [1.29, 1.82) is 0 Å². The summed E-state index contributed by atoms with van der Waals surface area (Å²) in [5.74, 6) is 4.48. The van der Waals surface area contributed by atoms with Crippen LogP contribution in [0.3, 0.4) is 0 Å². The van der Waals surface area contributed by atoms with Gasteiger partial charge in [-0.2, -0.15) is 10.2 Å². The van der Waals surface area contributed by atoms with Crippen LogP contribution in [0.4, 0.5) is 0 Å². The summed E-state index contributed by atoms with van der Waals surface area (Å²) in [6.07, 6.45) is 0. The lowest BCUT2D eigenvalue weighted by Crippen LogP contribution is -2.33. The van der Waals surface area contributed by atoms with E-state index in [0.717, 1.165) is 11.3 Å². The van der Waals surface area contributed by atoms with E-state index in [0.29, 0.717) is 5.69 Å². The predicted octanol–water partition coefficient (Wildman–Crippen LogP) is 1.41. The summed E-state index contributed by atoms with van der Waals surface area (Å²) in [6, 6.07) is 13.0. The number of hydrogen-bond donors (Lipinski definition) is 2. The third-order valence-corrected chi connectivity index (χ3v) is 2.81. The van der Waals surface area contributed by atoms with Gasteiger partial charge in [0.1, 0.15) is 0 Å². The number of carbonyl (C=O) groups excluding carboxylic acids is 1. The molecule has 0 aliphatic carbocycles. The largest absolute Gasteiger partial charge is 0.293 e. The zero-order valence-electron chi connectivity index (χ0n) is 9.38. The Kier molecular flexibility index (Phi) is 3.86. The van der Waals surface area contributed by atoms with E-state index in [1.807, 2.05) is 35.8 Å². The van der Waals surface area contributed by atoms with Crippen LogP contribution in [0.2, 0.25) is 0 Å². The Balaban J connectivity index is 2.23. The van der Waals surface area contributed by atoms with Gasteiger partial charge in [0, 0.05) is 5.56 Å². The number of nitrogens with two attached hydrogens (primary N) is 1. The van der Waals surface area contributed by atoms with E-state index in [4.69, 9.17) is 17.4 Å². The molecule has 18 heavy (non-hydrogen) atoms.